The Labute approximate surface area is 170 Å². The lowest BCUT2D eigenvalue weighted by Gasteiger charge is -2.19. The van der Waals surface area contributed by atoms with Crippen LogP contribution in [0.25, 0.3) is 10.9 Å². The van der Waals surface area contributed by atoms with E-state index in [0.717, 1.165) is 48.0 Å². The summed E-state index contributed by atoms with van der Waals surface area (Å²) in [5.41, 5.74) is 7.73. The molecule has 7 heteroatoms. The molecule has 3 N–H and O–H groups in total. The summed E-state index contributed by atoms with van der Waals surface area (Å²) >= 11 is 1.16. The average molecular weight is 409 g/mol. The monoisotopic (exact) mass is 408 g/mol. The zero-order chi connectivity index (χ0) is 20.3. The zero-order valence-electron chi connectivity index (χ0n) is 16.6. The second kappa shape index (κ2) is 8.95. The lowest BCUT2D eigenvalue weighted by Crippen LogP contribution is -2.24. The fraction of sp³-hybridized carbons (Fsp3) is 0.571. The lowest BCUT2D eigenvalue weighted by atomic mass is 9.93. The molecule has 0 bridgehead atoms. The highest BCUT2D eigenvalue weighted by atomic mass is 32.2. The molecule has 1 aromatic heterocycles. The van der Waals surface area contributed by atoms with E-state index in [2.05, 4.69) is 11.1 Å². The molecule has 4 rings (SSSR count). The standard InChI is InChI=1S/C17H19FN2O.C4H10O2S/c18-14-9-12-5-6-21-17(12)13(14)7-10-1-2-11-3-4-16(19)20-15(11)8-10;1-4(2,5)6-7-3/h1-4,8,12-14,17H,5-7,9H2,(H2,19,20);5H,1-3H3. The molecule has 4 unspecified atom stereocenters. The molecule has 154 valence electrons. The normalized spacial score (nSPS) is 26.8. The second-order valence-electron chi connectivity index (χ2n) is 7.96. The molecule has 0 amide bonds. The van der Waals surface area contributed by atoms with E-state index in [0.29, 0.717) is 18.2 Å². The summed E-state index contributed by atoms with van der Waals surface area (Å²) in [5, 5.41) is 9.84. The number of ether oxygens (including phenoxy) is 1. The Bertz CT molecular complexity index is 799. The summed E-state index contributed by atoms with van der Waals surface area (Å²) in [5.74, 6) is -0.0716. The predicted molar refractivity (Wildman–Crippen MR) is 112 cm³/mol. The SMILES string of the molecule is CSOC(C)(C)O.Nc1ccc2ccc(CC3C(F)CC4CCOC43)cc2n1. The molecule has 28 heavy (non-hydrogen) atoms. The molecule has 2 aromatic rings. The number of hydrogen-bond donors (Lipinski definition) is 2. The van der Waals surface area contributed by atoms with Gasteiger partial charge in [0.2, 0.25) is 0 Å². The van der Waals surface area contributed by atoms with Crippen LogP contribution < -0.4 is 5.73 Å². The van der Waals surface area contributed by atoms with Gasteiger partial charge < -0.3 is 15.6 Å². The van der Waals surface area contributed by atoms with Crippen LogP contribution in [0.5, 0.6) is 0 Å². The number of anilines is 1. The van der Waals surface area contributed by atoms with Crippen LogP contribution in [0.1, 0.15) is 32.3 Å². The number of alkyl halides is 1. The summed E-state index contributed by atoms with van der Waals surface area (Å²) in [4.78, 5) is 4.35. The number of nitrogen functional groups attached to an aromatic ring is 1. The maximum Gasteiger partial charge on any atom is 0.172 e. The molecule has 2 heterocycles. The molecule has 1 aliphatic heterocycles. The summed E-state index contributed by atoms with van der Waals surface area (Å²) in [6, 6.07) is 9.89. The van der Waals surface area contributed by atoms with Gasteiger partial charge in [0.15, 0.2) is 5.79 Å². The largest absolute Gasteiger partial charge is 0.384 e. The van der Waals surface area contributed by atoms with E-state index in [1.54, 1.807) is 26.2 Å². The Morgan fingerprint density at radius 3 is 2.79 bits per heavy atom. The minimum atomic E-state index is -0.987. The Morgan fingerprint density at radius 1 is 1.36 bits per heavy atom. The molecule has 0 radical (unpaired) electrons. The van der Waals surface area contributed by atoms with Crippen LogP contribution >= 0.6 is 12.0 Å². The van der Waals surface area contributed by atoms with Gasteiger partial charge in [-0.3, -0.25) is 4.18 Å². The molecule has 1 saturated carbocycles. The van der Waals surface area contributed by atoms with Crippen molar-refractivity contribution in [2.24, 2.45) is 11.8 Å². The maximum atomic E-state index is 14.3. The minimum Gasteiger partial charge on any atom is -0.384 e. The third-order valence-corrected chi connectivity index (χ3v) is 5.79. The van der Waals surface area contributed by atoms with Gasteiger partial charge in [-0.2, -0.15) is 0 Å². The van der Waals surface area contributed by atoms with E-state index < -0.39 is 12.0 Å². The van der Waals surface area contributed by atoms with Gasteiger partial charge in [-0.15, -0.1) is 0 Å². The van der Waals surface area contributed by atoms with Crippen molar-refractivity contribution in [3.63, 3.8) is 0 Å². The number of rotatable bonds is 4. The highest BCUT2D eigenvalue weighted by Gasteiger charge is 2.46. The highest BCUT2D eigenvalue weighted by Crippen LogP contribution is 2.43. The first-order valence-electron chi connectivity index (χ1n) is 9.62. The lowest BCUT2D eigenvalue weighted by molar-refractivity contribution is -0.0906. The zero-order valence-corrected chi connectivity index (χ0v) is 17.4. The van der Waals surface area contributed by atoms with E-state index >= 15 is 0 Å². The Morgan fingerprint density at radius 2 is 2.11 bits per heavy atom. The summed E-state index contributed by atoms with van der Waals surface area (Å²) in [6.07, 6.45) is 3.51. The number of fused-ring (bicyclic) bond motifs is 2. The first kappa shape index (κ1) is 21.3. The molecular formula is C21H29FN2O3S. The van der Waals surface area contributed by atoms with Crippen LogP contribution in [0.3, 0.4) is 0 Å². The molecule has 2 fully saturated rings. The van der Waals surface area contributed by atoms with Crippen LogP contribution in [-0.4, -0.2) is 41.0 Å². The van der Waals surface area contributed by atoms with Crippen molar-refractivity contribution >= 4 is 28.8 Å². The summed E-state index contributed by atoms with van der Waals surface area (Å²) in [7, 11) is 0. The predicted octanol–water partition coefficient (Wildman–Crippen LogP) is 4.13. The minimum absolute atomic E-state index is 0.0176. The number of halogens is 1. The van der Waals surface area contributed by atoms with E-state index in [9.17, 15) is 4.39 Å². The van der Waals surface area contributed by atoms with Gasteiger partial charge in [-0.1, -0.05) is 12.1 Å². The van der Waals surface area contributed by atoms with Gasteiger partial charge >= 0.3 is 0 Å². The fourth-order valence-electron chi connectivity index (χ4n) is 4.08. The molecule has 5 nitrogen and oxygen atoms in total. The van der Waals surface area contributed by atoms with Gasteiger partial charge in [0, 0.05) is 24.2 Å². The van der Waals surface area contributed by atoms with E-state index in [1.165, 1.54) is 0 Å². The number of nitrogens with two attached hydrogens (primary N) is 1. The number of hydrogen-bond acceptors (Lipinski definition) is 6. The van der Waals surface area contributed by atoms with Crippen molar-refractivity contribution in [1.82, 2.24) is 4.98 Å². The Hall–Kier alpha value is -1.41. The van der Waals surface area contributed by atoms with Gasteiger partial charge in [0.05, 0.1) is 11.6 Å². The first-order valence-corrected chi connectivity index (χ1v) is 10.8. The summed E-state index contributed by atoms with van der Waals surface area (Å²) in [6.45, 7) is 3.96. The quantitative estimate of drug-likeness (QED) is 0.585. The molecule has 2 aliphatic rings. The summed E-state index contributed by atoms with van der Waals surface area (Å²) < 4.78 is 24.7. The van der Waals surface area contributed by atoms with E-state index in [-0.39, 0.29) is 12.0 Å². The van der Waals surface area contributed by atoms with Crippen LogP contribution in [0.2, 0.25) is 0 Å². The highest BCUT2D eigenvalue weighted by molar-refractivity contribution is 7.93. The third kappa shape index (κ3) is 5.35. The smallest absolute Gasteiger partial charge is 0.172 e. The van der Waals surface area contributed by atoms with Gasteiger partial charge in [0.25, 0.3) is 0 Å². The number of benzene rings is 1. The number of pyridine rings is 1. The first-order chi connectivity index (χ1) is 13.3. The molecular weight excluding hydrogens is 379 g/mol. The molecule has 1 aromatic carbocycles. The maximum absolute atomic E-state index is 14.3. The Balaban J connectivity index is 0.000000279. The molecule has 1 aliphatic carbocycles. The van der Waals surface area contributed by atoms with Crippen LogP contribution in [0.4, 0.5) is 10.2 Å². The van der Waals surface area contributed by atoms with Crippen LogP contribution in [0.15, 0.2) is 30.3 Å². The molecule has 1 saturated heterocycles. The topological polar surface area (TPSA) is 77.6 Å². The van der Waals surface area contributed by atoms with Gasteiger partial charge in [-0.05, 0) is 74.8 Å². The number of aliphatic hydroxyl groups is 1. The van der Waals surface area contributed by atoms with Crippen molar-refractivity contribution in [3.05, 3.63) is 35.9 Å². The van der Waals surface area contributed by atoms with Crippen LogP contribution in [0, 0.1) is 11.8 Å². The molecule has 0 spiro atoms. The van der Waals surface area contributed by atoms with Gasteiger partial charge in [0.1, 0.15) is 12.0 Å². The number of nitrogens with zero attached hydrogens (tertiary/aromatic N) is 1. The van der Waals surface area contributed by atoms with Crippen molar-refractivity contribution in [2.75, 3.05) is 18.6 Å². The van der Waals surface area contributed by atoms with Gasteiger partial charge in [-0.25, -0.2) is 9.37 Å². The average Bonchev–Trinajstić information content (AvgIpc) is 3.16. The van der Waals surface area contributed by atoms with Crippen molar-refractivity contribution in [2.45, 2.75) is 51.2 Å². The van der Waals surface area contributed by atoms with Crippen molar-refractivity contribution in [1.29, 1.82) is 0 Å². The van der Waals surface area contributed by atoms with E-state index in [4.69, 9.17) is 19.8 Å². The van der Waals surface area contributed by atoms with Crippen LogP contribution in [-0.2, 0) is 15.3 Å². The Kier molecular flexibility index (Phi) is 6.81. The van der Waals surface area contributed by atoms with Crippen molar-refractivity contribution in [3.8, 4) is 0 Å². The fourth-order valence-corrected chi connectivity index (χ4v) is 4.48. The molecule has 4 atom stereocenters. The third-order valence-electron chi connectivity index (χ3n) is 5.21. The number of aromatic nitrogens is 1. The second-order valence-corrected chi connectivity index (χ2v) is 8.46. The van der Waals surface area contributed by atoms with E-state index in [1.807, 2.05) is 18.2 Å². The van der Waals surface area contributed by atoms with Crippen molar-refractivity contribution < 1.29 is 18.4 Å².